The first kappa shape index (κ1) is 36.2. The zero-order valence-electron chi connectivity index (χ0n) is 30.9. The molecule has 12 rings (SSSR count). The van der Waals surface area contributed by atoms with Crippen LogP contribution in [0.1, 0.15) is 88.2 Å². The van der Waals surface area contributed by atoms with Crippen LogP contribution in [-0.2, 0) is 28.4 Å². The maximum Gasteiger partial charge on any atom is 0.0147 e. The van der Waals surface area contributed by atoms with Gasteiger partial charge in [-0.1, -0.05) is 25.8 Å². The molecule has 2 nitrogen and oxygen atoms in total. The molecule has 0 aromatic heterocycles. The quantitative estimate of drug-likeness (QED) is 0.160. The van der Waals surface area contributed by atoms with Crippen molar-refractivity contribution in [2.45, 2.75) is 119 Å². The topological polar surface area (TPSA) is 24.1 Å². The molecule has 2 aliphatic heterocycles. The van der Waals surface area contributed by atoms with E-state index in [1.54, 1.807) is 69.4 Å². The average molecular weight is 757 g/mol. The van der Waals surface area contributed by atoms with Crippen LogP contribution in [0.3, 0.4) is 0 Å². The second-order valence-corrected chi connectivity index (χ2v) is 28.3. The first-order valence-electron chi connectivity index (χ1n) is 20.7. The van der Waals surface area contributed by atoms with E-state index < -0.39 is 8.07 Å². The molecule has 0 radical (unpaired) electrons. The molecule has 276 valence electrons. The summed E-state index contributed by atoms with van der Waals surface area (Å²) in [5.74, 6) is 10.3. The van der Waals surface area contributed by atoms with Crippen LogP contribution in [0.5, 0.6) is 0 Å². The fraction of sp³-hybridized carbons (Fsp3) is 0.767. The van der Waals surface area contributed by atoms with Gasteiger partial charge in [0.25, 0.3) is 0 Å². The molecule has 2 N–H and O–H groups in total. The van der Waals surface area contributed by atoms with Crippen LogP contribution in [-0.4, -0.2) is 45.6 Å². The molecule has 2 aromatic carbocycles. The fourth-order valence-corrected chi connectivity index (χ4v) is 20.9. The van der Waals surface area contributed by atoms with Gasteiger partial charge in [0.15, 0.2) is 0 Å². The minimum Gasteiger partial charge on any atom is -0.748 e. The molecule has 49 heavy (non-hydrogen) atoms. The standard InChI is InChI=1S/C38H61N2P2Si.C5H5.Fe/c1-43(2,3)34-18-31(35(19-34)38(41,32-4-6-39-20-32)33-5-7-40-21-33)22-42(36-27-10-23-8-24(12-27)13-28(36)11-23)37-29-14-25-9-26(16-29)17-30(37)15-25;1-2-4-5-3-1;/h18-19,23-30,32-33,36-37,39-40H,4-17,20-22,41H2,1-3H3;1-5H;/q-1;-5;. The molecule has 10 fully saturated rings. The van der Waals surface area contributed by atoms with Crippen LogP contribution in [0.15, 0.2) is 42.5 Å². The van der Waals surface area contributed by atoms with Crippen molar-refractivity contribution in [3.63, 3.8) is 0 Å². The van der Waals surface area contributed by atoms with Crippen molar-refractivity contribution in [1.82, 2.24) is 10.6 Å². The number of rotatable bonds is 8. The molecule has 2 heterocycles. The Labute approximate surface area is 314 Å². The van der Waals surface area contributed by atoms with Gasteiger partial charge >= 0.3 is 0 Å². The van der Waals surface area contributed by atoms with E-state index in [9.17, 15) is 0 Å². The third kappa shape index (κ3) is 6.78. The molecule has 3 unspecified atom stereocenters. The molecule has 0 amide bonds. The third-order valence-corrected chi connectivity index (χ3v) is 23.0. The number of hydrogen-bond donors (Lipinski definition) is 2. The summed E-state index contributed by atoms with van der Waals surface area (Å²) in [7, 11) is 2.25. The van der Waals surface area contributed by atoms with Crippen molar-refractivity contribution in [1.29, 1.82) is 0 Å². The Morgan fingerprint density at radius 3 is 1.45 bits per heavy atom. The van der Waals surface area contributed by atoms with Gasteiger partial charge in [0.1, 0.15) is 0 Å². The second-order valence-electron chi connectivity index (χ2n) is 19.7. The Kier molecular flexibility index (Phi) is 10.7. The molecule has 0 spiro atoms. The van der Waals surface area contributed by atoms with Crippen LogP contribution in [0, 0.1) is 59.2 Å². The molecule has 10 aliphatic rings. The van der Waals surface area contributed by atoms with E-state index in [1.807, 2.05) is 41.5 Å². The van der Waals surface area contributed by atoms with Crippen LogP contribution in [0.2, 0.25) is 19.6 Å². The minimum absolute atomic E-state index is 0. The molecular formula is C43H66FeN2P2Si-6. The summed E-state index contributed by atoms with van der Waals surface area (Å²) in [6.45, 7) is 12.7. The molecule has 8 aliphatic carbocycles. The summed E-state index contributed by atoms with van der Waals surface area (Å²) in [6.07, 6.45) is 20.3. The Balaban J connectivity index is 0.000000536. The van der Waals surface area contributed by atoms with E-state index in [0.29, 0.717) is 0 Å². The monoisotopic (exact) mass is 756 g/mol. The molecule has 2 saturated heterocycles. The number of nitrogens with one attached hydrogen (secondary N) is 2. The largest absolute Gasteiger partial charge is 0.748 e. The van der Waals surface area contributed by atoms with Crippen molar-refractivity contribution in [2.24, 2.45) is 59.2 Å². The summed E-state index contributed by atoms with van der Waals surface area (Å²) < 4.78 is 0. The van der Waals surface area contributed by atoms with Crippen molar-refractivity contribution >= 4 is 30.4 Å². The smallest absolute Gasteiger partial charge is 0.0147 e. The van der Waals surface area contributed by atoms with Crippen LogP contribution < -0.4 is 15.8 Å². The fourth-order valence-electron chi connectivity index (χ4n) is 14.2. The Bertz CT molecular complexity index is 1250. The van der Waals surface area contributed by atoms with E-state index in [2.05, 4.69) is 51.6 Å². The van der Waals surface area contributed by atoms with Gasteiger partial charge in [-0.15, -0.1) is 17.2 Å². The molecule has 2 aromatic rings. The van der Waals surface area contributed by atoms with Crippen LogP contribution in [0.25, 0.3) is 0 Å². The predicted molar refractivity (Wildman–Crippen MR) is 213 cm³/mol. The Morgan fingerprint density at radius 1 is 0.694 bits per heavy atom. The van der Waals surface area contributed by atoms with Gasteiger partial charge in [-0.2, -0.15) is 28.4 Å². The van der Waals surface area contributed by atoms with Crippen LogP contribution >= 0.6 is 17.2 Å². The first-order chi connectivity index (χ1) is 23.2. The summed E-state index contributed by atoms with van der Waals surface area (Å²) in [4.78, 5) is 0. The number of hydrogen-bond acceptors (Lipinski definition) is 2. The van der Waals surface area contributed by atoms with Gasteiger partial charge in [-0.3, -0.25) is 0 Å². The zero-order chi connectivity index (χ0) is 32.6. The van der Waals surface area contributed by atoms with Gasteiger partial charge < -0.3 is 41.0 Å². The van der Waals surface area contributed by atoms with Gasteiger partial charge in [0.05, 0.1) is 0 Å². The van der Waals surface area contributed by atoms with Gasteiger partial charge in [-0.05, 0) is 179 Å². The summed E-state index contributed by atoms with van der Waals surface area (Å²) in [5, 5.41) is 9.64. The molecule has 6 heteroatoms. The maximum atomic E-state index is 3.82. The van der Waals surface area contributed by atoms with Gasteiger partial charge in [0.2, 0.25) is 0 Å². The van der Waals surface area contributed by atoms with Gasteiger partial charge in [0, 0.05) is 25.1 Å². The molecule has 8 bridgehead atoms. The van der Waals surface area contributed by atoms with E-state index in [0.717, 1.165) is 70.5 Å². The van der Waals surface area contributed by atoms with Crippen molar-refractivity contribution in [3.8, 4) is 0 Å². The first-order valence-corrected chi connectivity index (χ1v) is 26.4. The summed E-state index contributed by atoms with van der Waals surface area (Å²) in [6, 6.07) is 15.7. The second kappa shape index (κ2) is 14.5. The van der Waals surface area contributed by atoms with Crippen molar-refractivity contribution < 1.29 is 17.1 Å². The molecular weight excluding hydrogens is 690 g/mol. The van der Waals surface area contributed by atoms with E-state index >= 15 is 0 Å². The minimum atomic E-state index is -1.42. The average Bonchev–Trinajstić information content (AvgIpc) is 3.88. The third-order valence-electron chi connectivity index (χ3n) is 15.8. The van der Waals surface area contributed by atoms with Crippen molar-refractivity contribution in [2.75, 3.05) is 26.2 Å². The zero-order valence-corrected chi connectivity index (χ0v) is 35.0. The van der Waals surface area contributed by atoms with E-state index in [4.69, 9.17) is 0 Å². The van der Waals surface area contributed by atoms with Crippen molar-refractivity contribution in [3.05, 3.63) is 53.6 Å². The molecule has 8 saturated carbocycles. The Hall–Kier alpha value is 0.216. The summed E-state index contributed by atoms with van der Waals surface area (Å²) in [5.41, 5.74) is 5.91. The van der Waals surface area contributed by atoms with Crippen LogP contribution in [0.4, 0.5) is 0 Å². The summed E-state index contributed by atoms with van der Waals surface area (Å²) >= 11 is 0. The predicted octanol–water partition coefficient (Wildman–Crippen LogP) is 9.27. The van der Waals surface area contributed by atoms with E-state index in [1.165, 1.54) is 45.2 Å². The van der Waals surface area contributed by atoms with Gasteiger partial charge in [-0.25, -0.2) is 0 Å². The molecule has 3 atom stereocenters. The normalized spacial score (nSPS) is 42.0. The Morgan fingerprint density at radius 2 is 1.10 bits per heavy atom. The SMILES string of the molecule is C[Si](C)(C)[c-]1cc(CP(C2C3CC4CC(C3)CC2C4)C2C3CC4CC(C3)CC2C4)c(C(P)(C2CCNC2)C2CCNC2)c1.[Fe].[cH-]1[cH-][cH-][cH-][cH-]1. The van der Waals surface area contributed by atoms with E-state index in [-0.39, 0.29) is 30.1 Å². The maximum absolute atomic E-state index is 3.82.